The molecule has 1 aromatic rings. The largest absolute Gasteiger partial charge is 0.477 e. The van der Waals surface area contributed by atoms with Gasteiger partial charge in [0.25, 0.3) is 0 Å². The molecular weight excluding hydrogens is 244 g/mol. The number of rotatable bonds is 6. The average molecular weight is 260 g/mol. The summed E-state index contributed by atoms with van der Waals surface area (Å²) in [5.74, 6) is -0.948. The molecule has 3 N–H and O–H groups in total. The second kappa shape index (κ2) is 5.33. The Bertz CT molecular complexity index is 492. The molecule has 0 bridgehead atoms. The van der Waals surface area contributed by atoms with Gasteiger partial charge >= 0.3 is 5.97 Å². The van der Waals surface area contributed by atoms with E-state index in [0.29, 0.717) is 6.54 Å². The maximum atomic E-state index is 11.8. The monoisotopic (exact) mass is 260 g/mol. The highest BCUT2D eigenvalue weighted by molar-refractivity contribution is 7.89. The van der Waals surface area contributed by atoms with Crippen molar-refractivity contribution in [3.8, 4) is 0 Å². The quantitative estimate of drug-likeness (QED) is 0.711. The van der Waals surface area contributed by atoms with E-state index in [-0.39, 0.29) is 16.5 Å². The number of hydrogen-bond donors (Lipinski definition) is 3. The van der Waals surface area contributed by atoms with E-state index in [4.69, 9.17) is 5.11 Å². The molecule has 1 heterocycles. The van der Waals surface area contributed by atoms with Crippen LogP contribution in [0.15, 0.2) is 17.2 Å². The van der Waals surface area contributed by atoms with E-state index in [2.05, 4.69) is 9.71 Å². The Labute approximate surface area is 100 Å². The summed E-state index contributed by atoms with van der Waals surface area (Å²) in [6, 6.07) is 1.10. The van der Waals surface area contributed by atoms with Gasteiger partial charge in [-0.3, -0.25) is 0 Å². The summed E-state index contributed by atoms with van der Waals surface area (Å²) in [4.78, 5) is 12.9. The smallest absolute Gasteiger partial charge is 0.352 e. The van der Waals surface area contributed by atoms with Crippen LogP contribution in [0.5, 0.6) is 0 Å². The molecule has 6 nitrogen and oxygen atoms in total. The van der Waals surface area contributed by atoms with Gasteiger partial charge in [-0.25, -0.2) is 17.9 Å². The van der Waals surface area contributed by atoms with Crippen LogP contribution in [0.4, 0.5) is 0 Å². The van der Waals surface area contributed by atoms with Crippen LogP contribution in [0, 0.1) is 5.92 Å². The molecule has 0 saturated carbocycles. The maximum absolute atomic E-state index is 11.8. The number of carboxylic acid groups (broad SMARTS) is 1. The Morgan fingerprint density at radius 1 is 1.59 bits per heavy atom. The molecule has 96 valence electrons. The first-order valence-electron chi connectivity index (χ1n) is 5.28. The van der Waals surface area contributed by atoms with Gasteiger partial charge in [0, 0.05) is 12.7 Å². The Morgan fingerprint density at radius 3 is 2.71 bits per heavy atom. The highest BCUT2D eigenvalue weighted by Gasteiger charge is 2.18. The van der Waals surface area contributed by atoms with Crippen LogP contribution >= 0.6 is 0 Å². The van der Waals surface area contributed by atoms with Crippen molar-refractivity contribution >= 4 is 16.0 Å². The number of aromatic nitrogens is 1. The van der Waals surface area contributed by atoms with E-state index in [0.717, 1.165) is 12.5 Å². The molecule has 0 radical (unpaired) electrons. The number of H-pyrrole nitrogens is 1. The Kier molecular flexibility index (Phi) is 4.30. The van der Waals surface area contributed by atoms with Gasteiger partial charge in [0.15, 0.2) is 0 Å². The molecule has 7 heteroatoms. The zero-order valence-electron chi connectivity index (χ0n) is 9.73. The summed E-state index contributed by atoms with van der Waals surface area (Å²) in [6.07, 6.45) is 2.04. The van der Waals surface area contributed by atoms with Crippen molar-refractivity contribution in [2.24, 2.45) is 5.92 Å². The Hall–Kier alpha value is -1.34. The summed E-state index contributed by atoms with van der Waals surface area (Å²) in [7, 11) is -3.62. The highest BCUT2D eigenvalue weighted by Crippen LogP contribution is 2.11. The van der Waals surface area contributed by atoms with E-state index in [9.17, 15) is 13.2 Å². The number of nitrogens with one attached hydrogen (secondary N) is 2. The van der Waals surface area contributed by atoms with Crippen LogP contribution in [0.3, 0.4) is 0 Å². The highest BCUT2D eigenvalue weighted by atomic mass is 32.2. The third kappa shape index (κ3) is 3.57. The lowest BCUT2D eigenvalue weighted by atomic mass is 10.1. The van der Waals surface area contributed by atoms with Crippen LogP contribution < -0.4 is 4.72 Å². The summed E-state index contributed by atoms with van der Waals surface area (Å²) >= 11 is 0. The topological polar surface area (TPSA) is 99.3 Å². The second-order valence-corrected chi connectivity index (χ2v) is 5.69. The second-order valence-electron chi connectivity index (χ2n) is 3.92. The molecule has 1 aromatic heterocycles. The number of carbonyl (C=O) groups is 1. The third-order valence-corrected chi connectivity index (χ3v) is 3.92. The molecule has 0 aromatic carbocycles. The SMILES string of the molecule is CCC(C)CNS(=O)(=O)c1c[nH]c(C(=O)O)c1. The van der Waals surface area contributed by atoms with Crippen molar-refractivity contribution in [2.75, 3.05) is 6.54 Å². The van der Waals surface area contributed by atoms with E-state index in [1.165, 1.54) is 6.20 Å². The third-order valence-electron chi connectivity index (χ3n) is 2.52. The lowest BCUT2D eigenvalue weighted by molar-refractivity contribution is 0.0691. The Morgan fingerprint density at radius 2 is 2.24 bits per heavy atom. The fourth-order valence-electron chi connectivity index (χ4n) is 1.13. The molecule has 17 heavy (non-hydrogen) atoms. The van der Waals surface area contributed by atoms with Gasteiger partial charge in [-0.05, 0) is 12.0 Å². The Balaban J connectivity index is 2.79. The molecular formula is C10H16N2O4S. The first kappa shape index (κ1) is 13.7. The van der Waals surface area contributed by atoms with E-state index in [1.54, 1.807) is 0 Å². The van der Waals surface area contributed by atoms with E-state index >= 15 is 0 Å². The van der Waals surface area contributed by atoms with Gasteiger partial charge in [0.1, 0.15) is 10.6 Å². The van der Waals surface area contributed by atoms with Crippen LogP contribution in [0.25, 0.3) is 0 Å². The van der Waals surface area contributed by atoms with Gasteiger partial charge < -0.3 is 10.1 Å². The number of aromatic amines is 1. The average Bonchev–Trinajstić information content (AvgIpc) is 2.76. The van der Waals surface area contributed by atoms with Crippen LogP contribution in [0.2, 0.25) is 0 Å². The molecule has 1 unspecified atom stereocenters. The molecule has 0 spiro atoms. The minimum atomic E-state index is -3.62. The number of hydrogen-bond acceptors (Lipinski definition) is 3. The number of carboxylic acids is 1. The van der Waals surface area contributed by atoms with Gasteiger partial charge in [-0.1, -0.05) is 20.3 Å². The molecule has 1 atom stereocenters. The molecule has 1 rings (SSSR count). The van der Waals surface area contributed by atoms with Crippen molar-refractivity contribution in [2.45, 2.75) is 25.2 Å². The van der Waals surface area contributed by atoms with Crippen LogP contribution in [0.1, 0.15) is 30.8 Å². The normalized spacial score (nSPS) is 13.5. The van der Waals surface area contributed by atoms with Crippen molar-refractivity contribution in [3.05, 3.63) is 18.0 Å². The number of aromatic carboxylic acids is 1. The van der Waals surface area contributed by atoms with E-state index < -0.39 is 16.0 Å². The minimum Gasteiger partial charge on any atom is -0.477 e. The molecule has 0 aliphatic carbocycles. The summed E-state index contributed by atoms with van der Waals surface area (Å²) in [5, 5.41) is 8.67. The summed E-state index contributed by atoms with van der Waals surface area (Å²) < 4.78 is 26.0. The zero-order chi connectivity index (χ0) is 13.1. The molecule has 0 saturated heterocycles. The number of sulfonamides is 1. The van der Waals surface area contributed by atoms with Gasteiger partial charge in [0.05, 0.1) is 0 Å². The van der Waals surface area contributed by atoms with Crippen molar-refractivity contribution in [1.29, 1.82) is 0 Å². The molecule has 0 fully saturated rings. The van der Waals surface area contributed by atoms with Crippen LogP contribution in [-0.2, 0) is 10.0 Å². The fraction of sp³-hybridized carbons (Fsp3) is 0.500. The standard InChI is InChI=1S/C10H16N2O4S/c1-3-7(2)5-12-17(15,16)8-4-9(10(13)14)11-6-8/h4,6-7,11-12H,3,5H2,1-2H3,(H,13,14). The van der Waals surface area contributed by atoms with Gasteiger partial charge in [0.2, 0.25) is 10.0 Å². The van der Waals surface area contributed by atoms with E-state index in [1.807, 2.05) is 13.8 Å². The predicted molar refractivity (Wildman–Crippen MR) is 62.4 cm³/mol. The lowest BCUT2D eigenvalue weighted by Gasteiger charge is -2.09. The molecule has 0 aliphatic rings. The maximum Gasteiger partial charge on any atom is 0.352 e. The fourth-order valence-corrected chi connectivity index (χ4v) is 2.29. The van der Waals surface area contributed by atoms with Crippen molar-refractivity contribution in [1.82, 2.24) is 9.71 Å². The lowest BCUT2D eigenvalue weighted by Crippen LogP contribution is -2.27. The van der Waals surface area contributed by atoms with Gasteiger partial charge in [-0.2, -0.15) is 0 Å². The van der Waals surface area contributed by atoms with Crippen LogP contribution in [-0.4, -0.2) is 31.0 Å². The predicted octanol–water partition coefficient (Wildman–Crippen LogP) is 1.04. The molecule has 0 amide bonds. The minimum absolute atomic E-state index is 0.0572. The first-order chi connectivity index (χ1) is 7.86. The zero-order valence-corrected chi connectivity index (χ0v) is 10.5. The first-order valence-corrected chi connectivity index (χ1v) is 6.76. The summed E-state index contributed by atoms with van der Waals surface area (Å²) in [5.41, 5.74) is -0.145. The van der Waals surface area contributed by atoms with Crippen molar-refractivity contribution in [3.63, 3.8) is 0 Å². The van der Waals surface area contributed by atoms with Gasteiger partial charge in [-0.15, -0.1) is 0 Å². The van der Waals surface area contributed by atoms with Crippen molar-refractivity contribution < 1.29 is 18.3 Å². The summed E-state index contributed by atoms with van der Waals surface area (Å²) in [6.45, 7) is 4.24. The molecule has 0 aliphatic heterocycles.